The Bertz CT molecular complexity index is 354. The zero-order valence-electron chi connectivity index (χ0n) is 11.1. The van der Waals surface area contributed by atoms with Crippen LogP contribution in [-0.2, 0) is 6.42 Å². The van der Waals surface area contributed by atoms with Gasteiger partial charge in [-0.15, -0.1) is 0 Å². The maximum absolute atomic E-state index is 5.45. The summed E-state index contributed by atoms with van der Waals surface area (Å²) in [5, 5.41) is 6.33. The largest absolute Gasteiger partial charge is 0.496 e. The normalized spacial score (nSPS) is 10.4. The molecule has 0 saturated heterocycles. The monoisotopic (exact) mass is 238 g/mol. The highest BCUT2D eigenvalue weighted by Crippen LogP contribution is 2.31. The van der Waals surface area contributed by atoms with Gasteiger partial charge in [-0.25, -0.2) is 0 Å². The van der Waals surface area contributed by atoms with E-state index in [2.05, 4.69) is 16.7 Å². The molecule has 2 N–H and O–H groups in total. The van der Waals surface area contributed by atoms with Crippen molar-refractivity contribution in [2.24, 2.45) is 0 Å². The molecule has 0 bridgehead atoms. The molecule has 0 atom stereocenters. The molecule has 0 saturated carbocycles. The molecule has 0 aliphatic heterocycles. The number of benzene rings is 1. The maximum Gasteiger partial charge on any atom is 0.128 e. The van der Waals surface area contributed by atoms with Crippen LogP contribution in [0.1, 0.15) is 11.1 Å². The topological polar surface area (TPSA) is 42.5 Å². The minimum absolute atomic E-state index is 0.817. The SMILES string of the molecule is CNCNCCc1ccc(OC)c(C)c1OC. The van der Waals surface area contributed by atoms with Crippen LogP contribution in [0.2, 0.25) is 0 Å². The summed E-state index contributed by atoms with van der Waals surface area (Å²) in [4.78, 5) is 0. The Morgan fingerprint density at radius 1 is 1.18 bits per heavy atom. The Labute approximate surface area is 103 Å². The van der Waals surface area contributed by atoms with Gasteiger partial charge in [-0.05, 0) is 32.0 Å². The summed E-state index contributed by atoms with van der Waals surface area (Å²) < 4.78 is 10.7. The zero-order chi connectivity index (χ0) is 12.7. The van der Waals surface area contributed by atoms with E-state index in [1.165, 1.54) is 5.56 Å². The second-order valence-electron chi connectivity index (χ2n) is 3.87. The lowest BCUT2D eigenvalue weighted by Gasteiger charge is -2.14. The van der Waals surface area contributed by atoms with E-state index in [0.29, 0.717) is 0 Å². The number of hydrogen-bond donors (Lipinski definition) is 2. The van der Waals surface area contributed by atoms with Crippen molar-refractivity contribution in [1.29, 1.82) is 0 Å². The fourth-order valence-electron chi connectivity index (χ4n) is 1.87. The van der Waals surface area contributed by atoms with E-state index in [-0.39, 0.29) is 0 Å². The van der Waals surface area contributed by atoms with Gasteiger partial charge in [-0.1, -0.05) is 6.07 Å². The molecule has 0 heterocycles. The van der Waals surface area contributed by atoms with E-state index in [1.807, 2.05) is 20.0 Å². The first-order valence-corrected chi connectivity index (χ1v) is 5.80. The molecule has 0 fully saturated rings. The van der Waals surface area contributed by atoms with E-state index in [1.54, 1.807) is 14.2 Å². The Morgan fingerprint density at radius 2 is 1.94 bits per heavy atom. The quantitative estimate of drug-likeness (QED) is 0.555. The molecule has 4 heteroatoms. The minimum Gasteiger partial charge on any atom is -0.496 e. The van der Waals surface area contributed by atoms with Crippen LogP contribution in [0.4, 0.5) is 0 Å². The Kier molecular flexibility index (Phi) is 5.80. The van der Waals surface area contributed by atoms with E-state index >= 15 is 0 Å². The van der Waals surface area contributed by atoms with Gasteiger partial charge in [-0.2, -0.15) is 0 Å². The highest BCUT2D eigenvalue weighted by atomic mass is 16.5. The number of hydrogen-bond acceptors (Lipinski definition) is 4. The van der Waals surface area contributed by atoms with Crippen LogP contribution in [-0.4, -0.2) is 34.5 Å². The predicted molar refractivity (Wildman–Crippen MR) is 69.9 cm³/mol. The standard InChI is InChI=1S/C13H22N2O2/c1-10-12(16-3)6-5-11(13(10)17-4)7-8-15-9-14-2/h5-6,14-15H,7-9H2,1-4H3. The van der Waals surface area contributed by atoms with Gasteiger partial charge < -0.3 is 20.1 Å². The van der Waals surface area contributed by atoms with Gasteiger partial charge in [0.25, 0.3) is 0 Å². The molecule has 0 aliphatic carbocycles. The van der Waals surface area contributed by atoms with Crippen molar-refractivity contribution in [3.05, 3.63) is 23.3 Å². The van der Waals surface area contributed by atoms with Gasteiger partial charge in [-0.3, -0.25) is 0 Å². The van der Waals surface area contributed by atoms with E-state index in [9.17, 15) is 0 Å². The first kappa shape index (κ1) is 13.8. The van der Waals surface area contributed by atoms with Crippen LogP contribution in [0.5, 0.6) is 11.5 Å². The van der Waals surface area contributed by atoms with Gasteiger partial charge in [0.15, 0.2) is 0 Å². The van der Waals surface area contributed by atoms with Crippen molar-refractivity contribution in [3.8, 4) is 11.5 Å². The predicted octanol–water partition coefficient (Wildman–Crippen LogP) is 1.32. The van der Waals surface area contributed by atoms with Gasteiger partial charge in [0, 0.05) is 18.8 Å². The van der Waals surface area contributed by atoms with Crippen LogP contribution in [0.15, 0.2) is 12.1 Å². The summed E-state index contributed by atoms with van der Waals surface area (Å²) >= 11 is 0. The first-order chi connectivity index (χ1) is 8.24. The molecular weight excluding hydrogens is 216 g/mol. The Balaban J connectivity index is 2.74. The van der Waals surface area contributed by atoms with Gasteiger partial charge >= 0.3 is 0 Å². The molecule has 1 aromatic rings. The van der Waals surface area contributed by atoms with E-state index < -0.39 is 0 Å². The van der Waals surface area contributed by atoms with Crippen molar-refractivity contribution >= 4 is 0 Å². The average Bonchev–Trinajstić information content (AvgIpc) is 2.35. The molecule has 4 nitrogen and oxygen atoms in total. The maximum atomic E-state index is 5.45. The molecule has 17 heavy (non-hydrogen) atoms. The summed E-state index contributed by atoms with van der Waals surface area (Å²) in [6, 6.07) is 4.05. The zero-order valence-corrected chi connectivity index (χ0v) is 11.1. The molecule has 0 aromatic heterocycles. The van der Waals surface area contributed by atoms with Crippen LogP contribution in [0.25, 0.3) is 0 Å². The minimum atomic E-state index is 0.817. The fraction of sp³-hybridized carbons (Fsp3) is 0.538. The van der Waals surface area contributed by atoms with Crippen molar-refractivity contribution in [1.82, 2.24) is 10.6 Å². The molecule has 0 aliphatic rings. The third-order valence-corrected chi connectivity index (χ3v) is 2.73. The molecule has 1 rings (SSSR count). The van der Waals surface area contributed by atoms with Crippen LogP contribution < -0.4 is 20.1 Å². The second kappa shape index (κ2) is 7.14. The Hall–Kier alpha value is -1.26. The number of methoxy groups -OCH3 is 2. The second-order valence-corrected chi connectivity index (χ2v) is 3.87. The van der Waals surface area contributed by atoms with E-state index in [4.69, 9.17) is 9.47 Å². The summed E-state index contributed by atoms with van der Waals surface area (Å²) in [5.74, 6) is 1.80. The number of rotatable bonds is 7. The smallest absolute Gasteiger partial charge is 0.128 e. The molecule has 96 valence electrons. The molecule has 0 spiro atoms. The summed E-state index contributed by atoms with van der Waals surface area (Å²) in [5.41, 5.74) is 2.26. The summed E-state index contributed by atoms with van der Waals surface area (Å²) in [7, 11) is 5.30. The lowest BCUT2D eigenvalue weighted by molar-refractivity contribution is 0.385. The highest BCUT2D eigenvalue weighted by Gasteiger charge is 2.10. The van der Waals surface area contributed by atoms with Crippen LogP contribution in [0, 0.1) is 6.92 Å². The number of nitrogens with one attached hydrogen (secondary N) is 2. The van der Waals surface area contributed by atoms with Gasteiger partial charge in [0.1, 0.15) is 11.5 Å². The third kappa shape index (κ3) is 3.61. The fourth-order valence-corrected chi connectivity index (χ4v) is 1.87. The number of ether oxygens (including phenoxy) is 2. The molecule has 1 aromatic carbocycles. The first-order valence-electron chi connectivity index (χ1n) is 5.80. The Morgan fingerprint density at radius 3 is 2.53 bits per heavy atom. The molecular formula is C13H22N2O2. The molecule has 0 unspecified atom stereocenters. The molecule has 0 amide bonds. The van der Waals surface area contributed by atoms with Crippen molar-refractivity contribution in [2.75, 3.05) is 34.5 Å². The van der Waals surface area contributed by atoms with Crippen LogP contribution in [0.3, 0.4) is 0 Å². The van der Waals surface area contributed by atoms with Crippen LogP contribution >= 0.6 is 0 Å². The van der Waals surface area contributed by atoms with Crippen molar-refractivity contribution in [2.45, 2.75) is 13.3 Å². The summed E-state index contributed by atoms with van der Waals surface area (Å²) in [6.45, 7) is 3.75. The average molecular weight is 238 g/mol. The lowest BCUT2D eigenvalue weighted by Crippen LogP contribution is -2.27. The van der Waals surface area contributed by atoms with Gasteiger partial charge in [0.2, 0.25) is 0 Å². The lowest BCUT2D eigenvalue weighted by atomic mass is 10.1. The summed E-state index contributed by atoms with van der Waals surface area (Å²) in [6.07, 6.45) is 0.940. The van der Waals surface area contributed by atoms with Gasteiger partial charge in [0.05, 0.1) is 14.2 Å². The molecule has 0 radical (unpaired) electrons. The van der Waals surface area contributed by atoms with Crippen molar-refractivity contribution < 1.29 is 9.47 Å². The third-order valence-electron chi connectivity index (χ3n) is 2.73. The highest BCUT2D eigenvalue weighted by molar-refractivity contribution is 5.49. The van der Waals surface area contributed by atoms with Crippen molar-refractivity contribution in [3.63, 3.8) is 0 Å². The van der Waals surface area contributed by atoms with E-state index in [0.717, 1.165) is 36.7 Å².